The Morgan fingerprint density at radius 3 is 2.12 bits per heavy atom. The maximum absolute atomic E-state index is 12.4. The summed E-state index contributed by atoms with van der Waals surface area (Å²) in [4.78, 5) is 12.4. The van der Waals surface area contributed by atoms with E-state index in [9.17, 15) is 10.1 Å². The van der Waals surface area contributed by atoms with Crippen LogP contribution in [0.1, 0.15) is 64.7 Å². The number of hydrogen-bond donors (Lipinski definition) is 0. The van der Waals surface area contributed by atoms with E-state index in [-0.39, 0.29) is 23.5 Å². The van der Waals surface area contributed by atoms with Crippen molar-refractivity contribution < 1.29 is 23.1 Å². The van der Waals surface area contributed by atoms with Crippen LogP contribution < -0.4 is 15.1 Å². The highest BCUT2D eigenvalue weighted by Crippen LogP contribution is 2.46. The van der Waals surface area contributed by atoms with Crippen molar-refractivity contribution in [3.63, 3.8) is 0 Å². The predicted molar refractivity (Wildman–Crippen MR) is 171 cm³/mol. The molecule has 1 saturated carbocycles. The van der Waals surface area contributed by atoms with Gasteiger partial charge in [-0.25, -0.2) is 0 Å². The fourth-order valence-corrected chi connectivity index (χ4v) is 11.3. The molecule has 43 heavy (non-hydrogen) atoms. The molecule has 1 aliphatic carbocycles. The molecule has 0 radical (unpaired) electrons. The number of furan rings is 1. The lowest BCUT2D eigenvalue weighted by Crippen LogP contribution is -2.66. The van der Waals surface area contributed by atoms with E-state index >= 15 is 0 Å². The Hall–Kier alpha value is -3.86. The molecule has 0 aliphatic heterocycles. The molecule has 6 nitrogen and oxygen atoms in total. The number of nitrogens with zero attached hydrogens (tertiary/aromatic N) is 1. The van der Waals surface area contributed by atoms with E-state index in [1.165, 1.54) is 10.4 Å². The molecule has 7 heteroatoms. The summed E-state index contributed by atoms with van der Waals surface area (Å²) in [6.07, 6.45) is 2.38. The van der Waals surface area contributed by atoms with Gasteiger partial charge < -0.3 is 18.3 Å². The van der Waals surface area contributed by atoms with Crippen LogP contribution in [-0.4, -0.2) is 28.0 Å². The lowest BCUT2D eigenvalue weighted by molar-refractivity contribution is -0.149. The van der Waals surface area contributed by atoms with E-state index < -0.39 is 13.7 Å². The number of esters is 1. The van der Waals surface area contributed by atoms with Crippen LogP contribution in [0.4, 0.5) is 0 Å². The fraction of sp³-hybridized carbons (Fsp3) is 0.389. The summed E-state index contributed by atoms with van der Waals surface area (Å²) in [7, 11) is -1.16. The third-order valence-electron chi connectivity index (χ3n) is 8.95. The highest BCUT2D eigenvalue weighted by Gasteiger charge is 2.50. The van der Waals surface area contributed by atoms with Gasteiger partial charge in [0.1, 0.15) is 5.76 Å². The highest BCUT2D eigenvalue weighted by atomic mass is 28.4. The second-order valence-electron chi connectivity index (χ2n) is 12.4. The number of nitriles is 1. The Morgan fingerprint density at radius 1 is 1.00 bits per heavy atom. The Balaban J connectivity index is 1.54. The molecule has 1 heterocycles. The maximum Gasteiger partial charge on any atom is 0.308 e. The van der Waals surface area contributed by atoms with Gasteiger partial charge in [-0.1, -0.05) is 87.5 Å². The van der Waals surface area contributed by atoms with E-state index in [0.29, 0.717) is 49.4 Å². The molecule has 224 valence electrons. The van der Waals surface area contributed by atoms with Gasteiger partial charge in [-0.3, -0.25) is 4.79 Å². The summed E-state index contributed by atoms with van der Waals surface area (Å²) in [6, 6.07) is 29.6. The first kappa shape index (κ1) is 30.6. The predicted octanol–water partition coefficient (Wildman–Crippen LogP) is 7.03. The molecule has 4 aromatic rings. The summed E-state index contributed by atoms with van der Waals surface area (Å²) < 4.78 is 24.6. The van der Waals surface area contributed by atoms with Gasteiger partial charge in [-0.15, -0.1) is 0 Å². The molecular weight excluding hydrogens is 554 g/mol. The number of methoxy groups -OCH3 is 1. The minimum Gasteiger partial charge on any atom is -0.493 e. The van der Waals surface area contributed by atoms with E-state index in [1.807, 2.05) is 37.3 Å². The van der Waals surface area contributed by atoms with Crippen molar-refractivity contribution in [2.45, 2.75) is 70.4 Å². The number of rotatable bonds is 9. The van der Waals surface area contributed by atoms with Crippen LogP contribution in [0.15, 0.2) is 83.3 Å². The average molecular weight is 596 g/mol. The maximum atomic E-state index is 12.4. The minimum atomic E-state index is -2.78. The summed E-state index contributed by atoms with van der Waals surface area (Å²) in [6.45, 7) is 9.22. The van der Waals surface area contributed by atoms with Crippen LogP contribution in [0.3, 0.4) is 0 Å². The van der Waals surface area contributed by atoms with Crippen LogP contribution in [0.25, 0.3) is 11.0 Å². The molecular formula is C36H41NO5Si. The Bertz CT molecular complexity index is 1550. The molecule has 5 rings (SSSR count). The molecule has 0 amide bonds. The van der Waals surface area contributed by atoms with Gasteiger partial charge in [-0.05, 0) is 65.7 Å². The van der Waals surface area contributed by atoms with Gasteiger partial charge in [-0.2, -0.15) is 5.26 Å². The Morgan fingerprint density at radius 2 is 1.60 bits per heavy atom. The molecule has 0 bridgehead atoms. The van der Waals surface area contributed by atoms with Crippen molar-refractivity contribution >= 4 is 35.6 Å². The van der Waals surface area contributed by atoms with Crippen LogP contribution >= 0.6 is 0 Å². The number of ether oxygens (including phenoxy) is 2. The third-order valence-corrected chi connectivity index (χ3v) is 13.9. The van der Waals surface area contributed by atoms with Crippen molar-refractivity contribution in [1.82, 2.24) is 0 Å². The van der Waals surface area contributed by atoms with E-state index in [1.54, 1.807) is 7.11 Å². The second-order valence-corrected chi connectivity index (χ2v) is 16.7. The van der Waals surface area contributed by atoms with Crippen molar-refractivity contribution in [3.05, 3.63) is 90.2 Å². The largest absolute Gasteiger partial charge is 0.493 e. The summed E-state index contributed by atoms with van der Waals surface area (Å²) in [5.41, 5.74) is 0.796. The van der Waals surface area contributed by atoms with E-state index in [2.05, 4.69) is 75.4 Å². The van der Waals surface area contributed by atoms with Crippen LogP contribution in [-0.2, 0) is 26.0 Å². The smallest absolute Gasteiger partial charge is 0.308 e. The third kappa shape index (κ3) is 5.62. The molecule has 3 aromatic carbocycles. The number of fused-ring (bicyclic) bond motifs is 1. The number of benzene rings is 3. The first-order valence-corrected chi connectivity index (χ1v) is 17.0. The van der Waals surface area contributed by atoms with Gasteiger partial charge >= 0.3 is 5.97 Å². The fourth-order valence-electron chi connectivity index (χ4n) is 6.79. The lowest BCUT2D eigenvalue weighted by Gasteiger charge is -2.42. The van der Waals surface area contributed by atoms with Crippen molar-refractivity contribution in [1.29, 1.82) is 5.26 Å². The molecule has 0 N–H and O–H groups in total. The molecule has 1 fully saturated rings. The average Bonchev–Trinajstić information content (AvgIpc) is 3.46. The summed E-state index contributed by atoms with van der Waals surface area (Å²) in [5.74, 6) is 0.959. The monoisotopic (exact) mass is 595 g/mol. The molecule has 1 aliphatic rings. The molecule has 0 atom stereocenters. The van der Waals surface area contributed by atoms with Crippen LogP contribution in [0, 0.1) is 17.2 Å². The van der Waals surface area contributed by atoms with Crippen molar-refractivity contribution in [3.8, 4) is 11.8 Å². The van der Waals surface area contributed by atoms with Crippen molar-refractivity contribution in [2.75, 3.05) is 13.7 Å². The lowest BCUT2D eigenvalue weighted by atomic mass is 9.67. The van der Waals surface area contributed by atoms with Gasteiger partial charge in [0.25, 0.3) is 8.32 Å². The quantitative estimate of drug-likeness (QED) is 0.153. The zero-order chi connectivity index (χ0) is 30.7. The standard InChI is InChI=1S/C36H41NO5Si/c1-6-40-34(38)26-19-21-36(25-37,22-20-26)31-17-18-32(39-5)33-30(31)23-27(42-33)24-41-43(35(2,3)4,28-13-9-7-10-14-28)29-15-11-8-12-16-29/h7-18,23,26H,6,19-22,24H2,1-5H3. The summed E-state index contributed by atoms with van der Waals surface area (Å²) >= 11 is 0. The van der Waals surface area contributed by atoms with Gasteiger partial charge in [0.2, 0.25) is 0 Å². The Labute approximate surface area is 255 Å². The zero-order valence-corrected chi connectivity index (χ0v) is 26.8. The summed E-state index contributed by atoms with van der Waals surface area (Å²) in [5, 5.41) is 13.6. The second kappa shape index (κ2) is 12.4. The number of hydrogen-bond acceptors (Lipinski definition) is 6. The number of carbonyl (C=O) groups is 1. The van der Waals surface area contributed by atoms with Crippen LogP contribution in [0.2, 0.25) is 5.04 Å². The molecule has 0 saturated heterocycles. The van der Waals surface area contributed by atoms with E-state index in [0.717, 1.165) is 10.9 Å². The molecule has 0 spiro atoms. The highest BCUT2D eigenvalue weighted by molar-refractivity contribution is 6.99. The van der Waals surface area contributed by atoms with E-state index in [4.69, 9.17) is 18.3 Å². The van der Waals surface area contributed by atoms with Gasteiger partial charge in [0, 0.05) is 5.39 Å². The first-order chi connectivity index (χ1) is 20.7. The normalized spacial score (nSPS) is 19.1. The minimum absolute atomic E-state index is 0.167. The first-order valence-electron chi connectivity index (χ1n) is 15.1. The van der Waals surface area contributed by atoms with Crippen LogP contribution in [0.5, 0.6) is 5.75 Å². The SMILES string of the molecule is CCOC(=O)C1CCC(C#N)(c2ccc(OC)c3oc(CO[Si](c4ccccc4)(c4ccccc4)C(C)(C)C)cc23)CC1. The van der Waals surface area contributed by atoms with Gasteiger partial charge in [0.15, 0.2) is 11.3 Å². The van der Waals surface area contributed by atoms with Crippen molar-refractivity contribution in [2.24, 2.45) is 5.92 Å². The number of carbonyl (C=O) groups excluding carboxylic acids is 1. The molecule has 1 aromatic heterocycles. The Kier molecular flexibility index (Phi) is 8.82. The van der Waals surface area contributed by atoms with Gasteiger partial charge in [0.05, 0.1) is 37.7 Å². The molecule has 0 unspecified atom stereocenters. The zero-order valence-electron chi connectivity index (χ0n) is 25.8. The topological polar surface area (TPSA) is 81.7 Å².